The molecule has 3 N–H and O–H groups in total. The number of nitrogens with one attached hydrogen (secondary N) is 1. The standard InChI is InChI=1S/C24H26FN3O2/c1-17-8-10-21(30-23-11-9-20(16-28-23)24(26)29)15-19(17)6-4-13-27-14-12-18-5-2-3-7-22(18)25/h2-3,5,7-11,15-16,27H,4,6,12-14H2,1H3,(H2,26,29). The average molecular weight is 407 g/mol. The molecule has 2 aromatic carbocycles. The van der Waals surface area contributed by atoms with Gasteiger partial charge in [0.05, 0.1) is 5.56 Å². The summed E-state index contributed by atoms with van der Waals surface area (Å²) in [5.74, 6) is 0.437. The molecular formula is C24H26FN3O2. The van der Waals surface area contributed by atoms with Gasteiger partial charge in [-0.2, -0.15) is 0 Å². The summed E-state index contributed by atoms with van der Waals surface area (Å²) in [6.07, 6.45) is 3.95. The Hall–Kier alpha value is -3.25. The highest BCUT2D eigenvalue weighted by Crippen LogP contribution is 2.23. The first-order valence-electron chi connectivity index (χ1n) is 10.0. The van der Waals surface area contributed by atoms with E-state index < -0.39 is 5.91 Å². The first-order chi connectivity index (χ1) is 14.5. The summed E-state index contributed by atoms with van der Waals surface area (Å²) in [6.45, 7) is 3.68. The number of hydrogen-bond donors (Lipinski definition) is 2. The van der Waals surface area contributed by atoms with E-state index in [-0.39, 0.29) is 5.82 Å². The van der Waals surface area contributed by atoms with Crippen molar-refractivity contribution in [3.8, 4) is 11.6 Å². The number of primary amides is 1. The summed E-state index contributed by atoms with van der Waals surface area (Å²) >= 11 is 0. The highest BCUT2D eigenvalue weighted by atomic mass is 19.1. The molecule has 156 valence electrons. The Balaban J connectivity index is 1.46. The van der Waals surface area contributed by atoms with Crippen LogP contribution in [0.4, 0.5) is 4.39 Å². The quantitative estimate of drug-likeness (QED) is 0.494. The number of benzene rings is 2. The van der Waals surface area contributed by atoms with E-state index in [1.807, 2.05) is 30.3 Å². The van der Waals surface area contributed by atoms with Crippen LogP contribution in [0.1, 0.15) is 33.5 Å². The van der Waals surface area contributed by atoms with E-state index in [1.54, 1.807) is 18.2 Å². The minimum Gasteiger partial charge on any atom is -0.439 e. The molecule has 1 heterocycles. The summed E-state index contributed by atoms with van der Waals surface area (Å²) in [4.78, 5) is 15.2. The Morgan fingerprint density at radius 3 is 2.63 bits per heavy atom. The van der Waals surface area contributed by atoms with E-state index in [4.69, 9.17) is 10.5 Å². The van der Waals surface area contributed by atoms with Crippen LogP contribution < -0.4 is 15.8 Å². The fraction of sp³-hybridized carbons (Fsp3) is 0.250. The zero-order valence-corrected chi connectivity index (χ0v) is 17.0. The van der Waals surface area contributed by atoms with Gasteiger partial charge in [-0.3, -0.25) is 4.79 Å². The molecule has 0 aliphatic rings. The number of pyridine rings is 1. The zero-order chi connectivity index (χ0) is 21.3. The third-order valence-corrected chi connectivity index (χ3v) is 4.89. The van der Waals surface area contributed by atoms with Crippen LogP contribution in [-0.4, -0.2) is 24.0 Å². The lowest BCUT2D eigenvalue weighted by Gasteiger charge is -2.11. The monoisotopic (exact) mass is 407 g/mol. The van der Waals surface area contributed by atoms with Crippen molar-refractivity contribution in [3.05, 3.63) is 88.9 Å². The molecule has 0 saturated carbocycles. The van der Waals surface area contributed by atoms with E-state index in [2.05, 4.69) is 17.2 Å². The molecule has 6 heteroatoms. The van der Waals surface area contributed by atoms with E-state index >= 15 is 0 Å². The average Bonchev–Trinajstić information content (AvgIpc) is 2.74. The van der Waals surface area contributed by atoms with Crippen LogP contribution in [0, 0.1) is 12.7 Å². The number of amides is 1. The van der Waals surface area contributed by atoms with Crippen LogP contribution in [0.25, 0.3) is 0 Å². The van der Waals surface area contributed by atoms with Crippen LogP contribution in [-0.2, 0) is 12.8 Å². The van der Waals surface area contributed by atoms with Crippen molar-refractivity contribution < 1.29 is 13.9 Å². The number of aryl methyl sites for hydroxylation is 2. The Kier molecular flexibility index (Phi) is 7.51. The molecule has 1 aromatic heterocycles. The molecule has 0 saturated heterocycles. The van der Waals surface area contributed by atoms with Crippen LogP contribution in [0.3, 0.4) is 0 Å². The van der Waals surface area contributed by atoms with Crippen molar-refractivity contribution in [1.29, 1.82) is 0 Å². The number of carbonyl (C=O) groups excluding carboxylic acids is 1. The molecular weight excluding hydrogens is 381 g/mol. The lowest BCUT2D eigenvalue weighted by atomic mass is 10.0. The molecule has 0 atom stereocenters. The molecule has 0 aliphatic heterocycles. The fourth-order valence-electron chi connectivity index (χ4n) is 3.14. The molecule has 5 nitrogen and oxygen atoms in total. The normalized spacial score (nSPS) is 10.7. The highest BCUT2D eigenvalue weighted by molar-refractivity contribution is 5.92. The fourth-order valence-corrected chi connectivity index (χ4v) is 3.14. The van der Waals surface area contributed by atoms with Gasteiger partial charge in [-0.15, -0.1) is 0 Å². The molecule has 0 bridgehead atoms. The highest BCUT2D eigenvalue weighted by Gasteiger charge is 2.06. The molecule has 0 spiro atoms. The van der Waals surface area contributed by atoms with Crippen molar-refractivity contribution >= 4 is 5.91 Å². The van der Waals surface area contributed by atoms with Crippen LogP contribution in [0.5, 0.6) is 11.6 Å². The Morgan fingerprint density at radius 2 is 1.90 bits per heavy atom. The minimum atomic E-state index is -0.519. The van der Waals surface area contributed by atoms with Gasteiger partial charge in [-0.05, 0) is 80.2 Å². The number of carbonyl (C=O) groups is 1. The van der Waals surface area contributed by atoms with Gasteiger partial charge in [-0.1, -0.05) is 24.3 Å². The van der Waals surface area contributed by atoms with Gasteiger partial charge >= 0.3 is 0 Å². The second kappa shape index (κ2) is 10.5. The third kappa shape index (κ3) is 6.12. The number of nitrogens with two attached hydrogens (primary N) is 1. The maximum absolute atomic E-state index is 13.6. The van der Waals surface area contributed by atoms with Gasteiger partial charge < -0.3 is 15.8 Å². The van der Waals surface area contributed by atoms with Gasteiger partial charge in [0.2, 0.25) is 11.8 Å². The summed E-state index contributed by atoms with van der Waals surface area (Å²) < 4.78 is 19.4. The van der Waals surface area contributed by atoms with E-state index in [1.165, 1.54) is 23.4 Å². The van der Waals surface area contributed by atoms with E-state index in [0.29, 0.717) is 23.6 Å². The molecule has 0 fully saturated rings. The lowest BCUT2D eigenvalue weighted by molar-refractivity contribution is 0.1000. The first-order valence-corrected chi connectivity index (χ1v) is 10.0. The van der Waals surface area contributed by atoms with Crippen molar-refractivity contribution in [2.75, 3.05) is 13.1 Å². The van der Waals surface area contributed by atoms with Crippen molar-refractivity contribution in [2.45, 2.75) is 26.2 Å². The SMILES string of the molecule is Cc1ccc(Oc2ccc(C(N)=O)cn2)cc1CCCNCCc1ccccc1F. The smallest absolute Gasteiger partial charge is 0.250 e. The Bertz CT molecular complexity index is 990. The molecule has 0 aliphatic carbocycles. The third-order valence-electron chi connectivity index (χ3n) is 4.89. The lowest BCUT2D eigenvalue weighted by Crippen LogP contribution is -2.19. The summed E-state index contributed by atoms with van der Waals surface area (Å²) in [5.41, 5.74) is 8.71. The maximum atomic E-state index is 13.6. The van der Waals surface area contributed by atoms with Gasteiger partial charge in [0, 0.05) is 12.3 Å². The number of aromatic nitrogens is 1. The van der Waals surface area contributed by atoms with Crippen LogP contribution in [0.15, 0.2) is 60.8 Å². The second-order valence-corrected chi connectivity index (χ2v) is 7.13. The maximum Gasteiger partial charge on any atom is 0.250 e. The molecule has 0 radical (unpaired) electrons. The summed E-state index contributed by atoms with van der Waals surface area (Å²) in [5, 5.41) is 3.37. The molecule has 3 aromatic rings. The summed E-state index contributed by atoms with van der Waals surface area (Å²) in [7, 11) is 0. The first kappa shape index (κ1) is 21.5. The predicted octanol–water partition coefficient (Wildman–Crippen LogP) is 4.19. The van der Waals surface area contributed by atoms with E-state index in [0.717, 1.165) is 31.5 Å². The van der Waals surface area contributed by atoms with Gasteiger partial charge in [-0.25, -0.2) is 9.37 Å². The molecule has 30 heavy (non-hydrogen) atoms. The van der Waals surface area contributed by atoms with Crippen molar-refractivity contribution in [3.63, 3.8) is 0 Å². The number of hydrogen-bond acceptors (Lipinski definition) is 4. The topological polar surface area (TPSA) is 77.2 Å². The van der Waals surface area contributed by atoms with Gasteiger partial charge in [0.15, 0.2) is 0 Å². The minimum absolute atomic E-state index is 0.148. The second-order valence-electron chi connectivity index (χ2n) is 7.13. The molecule has 0 unspecified atom stereocenters. The number of ether oxygens (including phenoxy) is 1. The van der Waals surface area contributed by atoms with Crippen LogP contribution >= 0.6 is 0 Å². The summed E-state index contributed by atoms with van der Waals surface area (Å²) in [6, 6.07) is 16.0. The number of nitrogens with zero attached hydrogens (tertiary/aromatic N) is 1. The van der Waals surface area contributed by atoms with Gasteiger partial charge in [0.25, 0.3) is 0 Å². The predicted molar refractivity (Wildman–Crippen MR) is 115 cm³/mol. The Labute approximate surface area is 176 Å². The number of rotatable bonds is 10. The van der Waals surface area contributed by atoms with Crippen molar-refractivity contribution in [2.24, 2.45) is 5.73 Å². The van der Waals surface area contributed by atoms with Crippen molar-refractivity contribution in [1.82, 2.24) is 10.3 Å². The van der Waals surface area contributed by atoms with E-state index in [9.17, 15) is 9.18 Å². The Morgan fingerprint density at radius 1 is 1.07 bits per heavy atom. The van der Waals surface area contributed by atoms with Gasteiger partial charge in [0.1, 0.15) is 11.6 Å². The van der Waals surface area contributed by atoms with Crippen LogP contribution in [0.2, 0.25) is 0 Å². The largest absolute Gasteiger partial charge is 0.439 e. The molecule has 1 amide bonds. The molecule has 3 rings (SSSR count). The number of halogens is 1. The zero-order valence-electron chi connectivity index (χ0n) is 17.0.